The minimum absolute atomic E-state index is 0.201. The highest BCUT2D eigenvalue weighted by Crippen LogP contribution is 2.29. The SMILES string of the molecule is FC(F)Oc1ccc(/C=C/c2nc3cc(Cl)ccc3o2)c(OC(F)F)c1. The van der Waals surface area contributed by atoms with Crippen LogP contribution in [-0.4, -0.2) is 18.2 Å². The third-order valence-corrected chi connectivity index (χ3v) is 3.43. The predicted octanol–water partition coefficient (Wildman–Crippen LogP) is 5.85. The molecule has 0 spiro atoms. The average molecular weight is 388 g/mol. The summed E-state index contributed by atoms with van der Waals surface area (Å²) in [4.78, 5) is 4.19. The van der Waals surface area contributed by atoms with Gasteiger partial charge in [0, 0.05) is 22.7 Å². The topological polar surface area (TPSA) is 44.5 Å². The first-order valence-corrected chi connectivity index (χ1v) is 7.56. The van der Waals surface area contributed by atoms with Gasteiger partial charge in [-0.3, -0.25) is 0 Å². The second-order valence-corrected chi connectivity index (χ2v) is 5.39. The number of nitrogens with zero attached hydrogens (tertiary/aromatic N) is 1. The van der Waals surface area contributed by atoms with Crippen LogP contribution in [0.5, 0.6) is 11.5 Å². The Morgan fingerprint density at radius 3 is 2.46 bits per heavy atom. The molecule has 4 nitrogen and oxygen atoms in total. The monoisotopic (exact) mass is 387 g/mol. The molecule has 3 rings (SSSR count). The van der Waals surface area contributed by atoms with E-state index in [1.807, 2.05) is 0 Å². The zero-order chi connectivity index (χ0) is 18.7. The molecule has 0 saturated heterocycles. The largest absolute Gasteiger partial charge is 0.437 e. The normalized spacial score (nSPS) is 11.8. The van der Waals surface area contributed by atoms with Crippen LogP contribution in [0.1, 0.15) is 11.5 Å². The average Bonchev–Trinajstić information content (AvgIpc) is 2.95. The Morgan fingerprint density at radius 1 is 0.962 bits per heavy atom. The highest BCUT2D eigenvalue weighted by Gasteiger charge is 2.12. The summed E-state index contributed by atoms with van der Waals surface area (Å²) in [6.45, 7) is -6.21. The summed E-state index contributed by atoms with van der Waals surface area (Å²) in [6, 6.07) is 8.34. The van der Waals surface area contributed by atoms with Crippen molar-refractivity contribution in [2.24, 2.45) is 0 Å². The molecule has 0 amide bonds. The lowest BCUT2D eigenvalue weighted by Gasteiger charge is -2.11. The molecule has 1 heterocycles. The standard InChI is InChI=1S/C17H10ClF4NO3/c18-10-3-5-13-12(7-10)23-15(25-13)6-2-9-1-4-11(24-16(19)20)8-14(9)26-17(21)22/h1-8,16-17H/b6-2+. The molecule has 0 atom stereocenters. The van der Waals surface area contributed by atoms with Gasteiger partial charge in [0.25, 0.3) is 0 Å². The highest BCUT2D eigenvalue weighted by atomic mass is 35.5. The lowest BCUT2D eigenvalue weighted by Crippen LogP contribution is -2.05. The summed E-state index contributed by atoms with van der Waals surface area (Å²) in [7, 11) is 0. The molecule has 0 aliphatic rings. The van der Waals surface area contributed by atoms with Gasteiger partial charge in [0.2, 0.25) is 5.89 Å². The van der Waals surface area contributed by atoms with Gasteiger partial charge < -0.3 is 13.9 Å². The van der Waals surface area contributed by atoms with Crippen molar-refractivity contribution in [1.29, 1.82) is 0 Å². The first-order chi connectivity index (χ1) is 12.4. The smallest absolute Gasteiger partial charge is 0.387 e. The van der Waals surface area contributed by atoms with Crippen LogP contribution in [0.25, 0.3) is 23.3 Å². The Bertz CT molecular complexity index is 943. The molecular weight excluding hydrogens is 378 g/mol. The van der Waals surface area contributed by atoms with Crippen molar-refractivity contribution in [3.05, 3.63) is 52.9 Å². The van der Waals surface area contributed by atoms with E-state index in [9.17, 15) is 17.6 Å². The van der Waals surface area contributed by atoms with Crippen molar-refractivity contribution in [2.45, 2.75) is 13.2 Å². The van der Waals surface area contributed by atoms with Gasteiger partial charge in [0.15, 0.2) is 5.58 Å². The van der Waals surface area contributed by atoms with Crippen molar-refractivity contribution in [3.8, 4) is 11.5 Å². The fourth-order valence-corrected chi connectivity index (χ4v) is 2.34. The number of oxazole rings is 1. The van der Waals surface area contributed by atoms with Gasteiger partial charge in [-0.05, 0) is 36.4 Å². The van der Waals surface area contributed by atoms with Crippen LogP contribution >= 0.6 is 11.6 Å². The zero-order valence-electron chi connectivity index (χ0n) is 12.8. The van der Waals surface area contributed by atoms with Gasteiger partial charge in [0.05, 0.1) is 0 Å². The Morgan fingerprint density at radius 2 is 1.73 bits per heavy atom. The van der Waals surface area contributed by atoms with Crippen LogP contribution in [0.4, 0.5) is 17.6 Å². The van der Waals surface area contributed by atoms with Crippen LogP contribution in [-0.2, 0) is 0 Å². The number of aromatic nitrogens is 1. The van der Waals surface area contributed by atoms with Crippen molar-refractivity contribution in [1.82, 2.24) is 4.98 Å². The molecule has 2 aromatic carbocycles. The number of ether oxygens (including phenoxy) is 2. The molecule has 0 aliphatic heterocycles. The number of rotatable bonds is 6. The number of alkyl halides is 4. The van der Waals surface area contributed by atoms with Gasteiger partial charge >= 0.3 is 13.2 Å². The van der Waals surface area contributed by atoms with E-state index < -0.39 is 13.2 Å². The van der Waals surface area contributed by atoms with E-state index in [1.165, 1.54) is 24.3 Å². The summed E-state index contributed by atoms with van der Waals surface area (Å²) in [5.74, 6) is -0.420. The molecule has 26 heavy (non-hydrogen) atoms. The lowest BCUT2D eigenvalue weighted by molar-refractivity contribution is -0.0543. The molecular formula is C17H10ClF4NO3. The van der Waals surface area contributed by atoms with Crippen molar-refractivity contribution in [3.63, 3.8) is 0 Å². The van der Waals surface area contributed by atoms with E-state index in [4.69, 9.17) is 16.0 Å². The molecule has 9 heteroatoms. The summed E-state index contributed by atoms with van der Waals surface area (Å²) >= 11 is 5.87. The quantitative estimate of drug-likeness (QED) is 0.497. The predicted molar refractivity (Wildman–Crippen MR) is 87.7 cm³/mol. The van der Waals surface area contributed by atoms with Crippen molar-refractivity contribution < 1.29 is 31.5 Å². The zero-order valence-corrected chi connectivity index (χ0v) is 13.6. The van der Waals surface area contributed by atoms with Crippen LogP contribution in [0, 0.1) is 0 Å². The van der Waals surface area contributed by atoms with Crippen LogP contribution in [0.15, 0.2) is 40.8 Å². The molecule has 0 unspecified atom stereocenters. The number of hydrogen-bond acceptors (Lipinski definition) is 4. The Hall–Kier alpha value is -2.74. The maximum atomic E-state index is 12.6. The van der Waals surface area contributed by atoms with Crippen molar-refractivity contribution >= 4 is 34.9 Å². The van der Waals surface area contributed by atoms with Gasteiger partial charge in [-0.15, -0.1) is 0 Å². The van der Waals surface area contributed by atoms with E-state index in [0.29, 0.717) is 16.1 Å². The fraction of sp³-hybridized carbons (Fsp3) is 0.118. The maximum Gasteiger partial charge on any atom is 0.387 e. The van der Waals surface area contributed by atoms with Crippen molar-refractivity contribution in [2.75, 3.05) is 0 Å². The third-order valence-electron chi connectivity index (χ3n) is 3.20. The van der Waals surface area contributed by atoms with E-state index >= 15 is 0 Å². The highest BCUT2D eigenvalue weighted by molar-refractivity contribution is 6.31. The van der Waals surface area contributed by atoms with Gasteiger partial charge in [0.1, 0.15) is 17.0 Å². The van der Waals surface area contributed by atoms with Crippen LogP contribution in [0.3, 0.4) is 0 Å². The molecule has 0 saturated carbocycles. The Labute approximate surface area is 149 Å². The lowest BCUT2D eigenvalue weighted by atomic mass is 10.1. The number of halogens is 5. The summed E-state index contributed by atoms with van der Waals surface area (Å²) in [6.07, 6.45) is 2.82. The summed E-state index contributed by atoms with van der Waals surface area (Å²) < 4.78 is 63.6. The van der Waals surface area contributed by atoms with E-state index in [1.54, 1.807) is 18.2 Å². The number of benzene rings is 2. The molecule has 1 aromatic heterocycles. The van der Waals surface area contributed by atoms with Crippen LogP contribution < -0.4 is 9.47 Å². The Kier molecular flexibility index (Phi) is 5.32. The molecule has 136 valence electrons. The molecule has 0 radical (unpaired) electrons. The second-order valence-electron chi connectivity index (χ2n) is 4.95. The maximum absolute atomic E-state index is 12.6. The molecule has 0 N–H and O–H groups in total. The van der Waals surface area contributed by atoms with E-state index in [-0.39, 0.29) is 23.0 Å². The van der Waals surface area contributed by atoms with Crippen LogP contribution in [0.2, 0.25) is 5.02 Å². The minimum Gasteiger partial charge on any atom is -0.437 e. The van der Waals surface area contributed by atoms with E-state index in [2.05, 4.69) is 14.5 Å². The molecule has 0 aliphatic carbocycles. The number of hydrogen-bond donors (Lipinski definition) is 0. The minimum atomic E-state index is -3.13. The first kappa shape index (κ1) is 18.1. The molecule has 0 fully saturated rings. The Balaban J connectivity index is 1.89. The van der Waals surface area contributed by atoms with Gasteiger partial charge in [-0.25, -0.2) is 4.98 Å². The van der Waals surface area contributed by atoms with Gasteiger partial charge in [-0.2, -0.15) is 17.6 Å². The van der Waals surface area contributed by atoms with Gasteiger partial charge in [-0.1, -0.05) is 11.6 Å². The second kappa shape index (κ2) is 7.65. The molecule has 3 aromatic rings. The summed E-state index contributed by atoms with van der Waals surface area (Å²) in [5, 5.41) is 0.489. The van der Waals surface area contributed by atoms with E-state index in [0.717, 1.165) is 6.07 Å². The first-order valence-electron chi connectivity index (χ1n) is 7.18. The summed E-state index contributed by atoms with van der Waals surface area (Å²) in [5.41, 5.74) is 1.23. The fourth-order valence-electron chi connectivity index (χ4n) is 2.18. The molecule has 0 bridgehead atoms. The number of fused-ring (bicyclic) bond motifs is 1. The third kappa shape index (κ3) is 4.45.